The lowest BCUT2D eigenvalue weighted by Gasteiger charge is -2.31. The highest BCUT2D eigenvalue weighted by molar-refractivity contribution is 5.66. The van der Waals surface area contributed by atoms with E-state index >= 15 is 0 Å². The van der Waals surface area contributed by atoms with Crippen LogP contribution in [0.25, 0.3) is 0 Å². The molecule has 5 nitrogen and oxygen atoms in total. The zero-order chi connectivity index (χ0) is 15.2. The van der Waals surface area contributed by atoms with Gasteiger partial charge in [0.1, 0.15) is 5.69 Å². The Kier molecular flexibility index (Phi) is 5.56. The average Bonchev–Trinajstić information content (AvgIpc) is 2.49. The van der Waals surface area contributed by atoms with E-state index in [4.69, 9.17) is 0 Å². The second kappa shape index (κ2) is 7.41. The van der Waals surface area contributed by atoms with Gasteiger partial charge in [-0.15, -0.1) is 0 Å². The van der Waals surface area contributed by atoms with E-state index in [1.54, 1.807) is 12.1 Å². The molecule has 0 radical (unpaired) electrons. The number of piperidine rings is 1. The van der Waals surface area contributed by atoms with Crippen LogP contribution in [0.2, 0.25) is 0 Å². The van der Waals surface area contributed by atoms with E-state index in [1.165, 1.54) is 19.3 Å². The maximum atomic E-state index is 11.2. The van der Waals surface area contributed by atoms with Gasteiger partial charge in [0.15, 0.2) is 0 Å². The smallest absolute Gasteiger partial charge is 0.292 e. The monoisotopic (exact) mass is 291 g/mol. The first-order valence-electron chi connectivity index (χ1n) is 7.88. The fourth-order valence-corrected chi connectivity index (χ4v) is 3.05. The number of nitro groups is 1. The van der Waals surface area contributed by atoms with Crippen LogP contribution < -0.4 is 5.32 Å². The number of hydrogen-bond acceptors (Lipinski definition) is 4. The first kappa shape index (κ1) is 15.8. The minimum atomic E-state index is -0.301. The molecule has 0 aromatic heterocycles. The Balaban J connectivity index is 2.12. The summed E-state index contributed by atoms with van der Waals surface area (Å²) in [6, 6.07) is 5.36. The Labute approximate surface area is 126 Å². The molecule has 0 spiro atoms. The molecule has 116 valence electrons. The third kappa shape index (κ3) is 3.94. The first-order chi connectivity index (χ1) is 10.2. The zero-order valence-corrected chi connectivity index (χ0v) is 13.0. The lowest BCUT2D eigenvalue weighted by molar-refractivity contribution is -0.384. The number of nitro benzene ring substituents is 1. The molecule has 5 heteroatoms. The molecule has 1 aliphatic heterocycles. The number of nitrogens with zero attached hydrogens (tertiary/aromatic N) is 2. The van der Waals surface area contributed by atoms with Gasteiger partial charge in [-0.2, -0.15) is 0 Å². The Morgan fingerprint density at radius 1 is 1.33 bits per heavy atom. The highest BCUT2D eigenvalue weighted by Gasteiger charge is 2.21. The molecular formula is C16H25N3O2. The van der Waals surface area contributed by atoms with Crippen LogP contribution in [-0.2, 0) is 6.54 Å². The van der Waals surface area contributed by atoms with E-state index in [-0.39, 0.29) is 10.6 Å². The van der Waals surface area contributed by atoms with E-state index in [2.05, 4.69) is 17.1 Å². The summed E-state index contributed by atoms with van der Waals surface area (Å²) >= 11 is 0. The van der Waals surface area contributed by atoms with Crippen LogP contribution in [-0.4, -0.2) is 29.5 Å². The van der Waals surface area contributed by atoms with E-state index < -0.39 is 0 Å². The summed E-state index contributed by atoms with van der Waals surface area (Å²) in [6.07, 6.45) is 3.73. The van der Waals surface area contributed by atoms with Crippen LogP contribution >= 0.6 is 0 Å². The summed E-state index contributed by atoms with van der Waals surface area (Å²) in [5, 5.41) is 14.3. The fraction of sp³-hybridized carbons (Fsp3) is 0.625. The van der Waals surface area contributed by atoms with E-state index in [1.807, 2.05) is 13.0 Å². The van der Waals surface area contributed by atoms with Crippen molar-refractivity contribution in [2.24, 2.45) is 5.92 Å². The summed E-state index contributed by atoms with van der Waals surface area (Å²) in [6.45, 7) is 7.88. The fourth-order valence-electron chi connectivity index (χ4n) is 3.05. The normalized spacial score (nSPS) is 16.9. The van der Waals surface area contributed by atoms with Crippen molar-refractivity contribution < 1.29 is 4.92 Å². The predicted molar refractivity (Wildman–Crippen MR) is 85.6 cm³/mol. The molecule has 1 heterocycles. The van der Waals surface area contributed by atoms with Crippen molar-refractivity contribution in [2.45, 2.75) is 39.7 Å². The second-order valence-corrected chi connectivity index (χ2v) is 5.73. The summed E-state index contributed by atoms with van der Waals surface area (Å²) in [7, 11) is 0. The lowest BCUT2D eigenvalue weighted by Crippen LogP contribution is -2.33. The highest BCUT2D eigenvalue weighted by Crippen LogP contribution is 2.30. The van der Waals surface area contributed by atoms with Crippen LogP contribution in [0.5, 0.6) is 0 Å². The van der Waals surface area contributed by atoms with Crippen molar-refractivity contribution >= 4 is 11.4 Å². The van der Waals surface area contributed by atoms with Crippen LogP contribution in [0.3, 0.4) is 0 Å². The SMILES string of the molecule is CCNc1c(CN2CCC(CC)CC2)cccc1[N+](=O)[O-]. The Morgan fingerprint density at radius 3 is 2.62 bits per heavy atom. The molecule has 1 saturated heterocycles. The predicted octanol–water partition coefficient (Wildman–Crippen LogP) is 3.65. The number of benzene rings is 1. The number of rotatable bonds is 6. The molecule has 1 N–H and O–H groups in total. The zero-order valence-electron chi connectivity index (χ0n) is 13.0. The van der Waals surface area contributed by atoms with Gasteiger partial charge in [-0.05, 0) is 44.3 Å². The van der Waals surface area contributed by atoms with Crippen LogP contribution in [0.1, 0.15) is 38.7 Å². The maximum absolute atomic E-state index is 11.2. The number of anilines is 1. The van der Waals surface area contributed by atoms with Crippen molar-refractivity contribution in [2.75, 3.05) is 25.0 Å². The van der Waals surface area contributed by atoms with Gasteiger partial charge in [0.25, 0.3) is 5.69 Å². The number of para-hydroxylation sites is 1. The summed E-state index contributed by atoms with van der Waals surface area (Å²) in [4.78, 5) is 13.3. The first-order valence-corrected chi connectivity index (χ1v) is 7.88. The van der Waals surface area contributed by atoms with Crippen LogP contribution in [0.15, 0.2) is 18.2 Å². The molecule has 0 atom stereocenters. The molecule has 21 heavy (non-hydrogen) atoms. The van der Waals surface area contributed by atoms with Crippen LogP contribution in [0.4, 0.5) is 11.4 Å². The molecular weight excluding hydrogens is 266 g/mol. The van der Waals surface area contributed by atoms with Crippen molar-refractivity contribution in [3.8, 4) is 0 Å². The minimum Gasteiger partial charge on any atom is -0.380 e. The van der Waals surface area contributed by atoms with Gasteiger partial charge in [0.05, 0.1) is 4.92 Å². The number of nitrogens with one attached hydrogen (secondary N) is 1. The Bertz CT molecular complexity index is 482. The summed E-state index contributed by atoms with van der Waals surface area (Å²) in [5.41, 5.74) is 1.89. The minimum absolute atomic E-state index is 0.179. The Hall–Kier alpha value is -1.62. The molecule has 1 aromatic rings. The van der Waals surface area contributed by atoms with E-state index in [0.29, 0.717) is 12.2 Å². The van der Waals surface area contributed by atoms with Crippen molar-refractivity contribution in [1.29, 1.82) is 0 Å². The number of hydrogen-bond donors (Lipinski definition) is 1. The van der Waals surface area contributed by atoms with Gasteiger partial charge in [-0.1, -0.05) is 25.5 Å². The quantitative estimate of drug-likeness (QED) is 0.642. The average molecular weight is 291 g/mol. The van der Waals surface area contributed by atoms with Crippen molar-refractivity contribution in [3.63, 3.8) is 0 Å². The van der Waals surface area contributed by atoms with Gasteiger partial charge < -0.3 is 5.32 Å². The van der Waals surface area contributed by atoms with Gasteiger partial charge in [-0.25, -0.2) is 0 Å². The standard InChI is InChI=1S/C16H25N3O2/c1-3-13-8-10-18(11-9-13)12-14-6-5-7-15(19(20)21)16(14)17-4-2/h5-7,13,17H,3-4,8-12H2,1-2H3. The van der Waals surface area contributed by atoms with Gasteiger partial charge in [0, 0.05) is 19.2 Å². The summed E-state index contributed by atoms with van der Waals surface area (Å²) in [5.74, 6) is 0.847. The molecule has 1 aliphatic rings. The lowest BCUT2D eigenvalue weighted by atomic mass is 9.94. The summed E-state index contributed by atoms with van der Waals surface area (Å²) < 4.78 is 0. The largest absolute Gasteiger partial charge is 0.380 e. The topological polar surface area (TPSA) is 58.4 Å². The third-order valence-corrected chi connectivity index (χ3v) is 4.36. The molecule has 0 amide bonds. The van der Waals surface area contributed by atoms with Crippen molar-refractivity contribution in [1.82, 2.24) is 4.90 Å². The molecule has 0 bridgehead atoms. The maximum Gasteiger partial charge on any atom is 0.292 e. The van der Waals surface area contributed by atoms with Gasteiger partial charge in [0.2, 0.25) is 0 Å². The highest BCUT2D eigenvalue weighted by atomic mass is 16.6. The molecule has 1 aromatic carbocycles. The van der Waals surface area contributed by atoms with E-state index in [0.717, 1.165) is 31.1 Å². The molecule has 1 fully saturated rings. The van der Waals surface area contributed by atoms with Gasteiger partial charge >= 0.3 is 0 Å². The Morgan fingerprint density at radius 2 is 2.05 bits per heavy atom. The molecule has 0 saturated carbocycles. The van der Waals surface area contributed by atoms with Crippen molar-refractivity contribution in [3.05, 3.63) is 33.9 Å². The van der Waals surface area contributed by atoms with Gasteiger partial charge in [-0.3, -0.25) is 15.0 Å². The van der Waals surface area contributed by atoms with Crippen LogP contribution in [0, 0.1) is 16.0 Å². The second-order valence-electron chi connectivity index (χ2n) is 5.73. The third-order valence-electron chi connectivity index (χ3n) is 4.36. The molecule has 0 aliphatic carbocycles. The van der Waals surface area contributed by atoms with E-state index in [9.17, 15) is 10.1 Å². The molecule has 2 rings (SSSR count). The number of likely N-dealkylation sites (tertiary alicyclic amines) is 1. The molecule has 0 unspecified atom stereocenters.